The van der Waals surface area contributed by atoms with E-state index in [0.717, 1.165) is 6.07 Å². The molecule has 0 saturated heterocycles. The van der Waals surface area contributed by atoms with Gasteiger partial charge >= 0.3 is 6.18 Å². The van der Waals surface area contributed by atoms with Gasteiger partial charge in [-0.25, -0.2) is 4.98 Å². The van der Waals surface area contributed by atoms with Crippen LogP contribution in [0.2, 0.25) is 0 Å². The molecule has 1 heterocycles. The van der Waals surface area contributed by atoms with Crippen molar-refractivity contribution < 1.29 is 13.2 Å². The quantitative estimate of drug-likeness (QED) is 0.641. The summed E-state index contributed by atoms with van der Waals surface area (Å²) < 4.78 is 37.4. The van der Waals surface area contributed by atoms with E-state index in [-0.39, 0.29) is 16.7 Å². The smallest absolute Gasteiger partial charge is 0.399 e. The first-order chi connectivity index (χ1) is 6.48. The summed E-state index contributed by atoms with van der Waals surface area (Å²) in [6.07, 6.45) is -3.22. The normalized spacial score (nSPS) is 12.2. The highest BCUT2D eigenvalue weighted by atomic mass is 19.4. The number of aromatic amines is 1. The molecule has 3 nitrogen and oxygen atoms in total. The maximum absolute atomic E-state index is 12.5. The maximum Gasteiger partial charge on any atom is 0.418 e. The van der Waals surface area contributed by atoms with Gasteiger partial charge in [0, 0.05) is 5.69 Å². The minimum atomic E-state index is -4.43. The van der Waals surface area contributed by atoms with Gasteiger partial charge in [-0.1, -0.05) is 0 Å². The summed E-state index contributed by atoms with van der Waals surface area (Å²) in [4.78, 5) is 6.18. The number of nitrogens with one attached hydrogen (secondary N) is 1. The highest BCUT2D eigenvalue weighted by Gasteiger charge is 2.33. The van der Waals surface area contributed by atoms with Gasteiger partial charge < -0.3 is 10.7 Å². The standard InChI is InChI=1S/C8H6F3N3/c9-8(10,11)5-1-4(12)2-6-7(5)14-3-13-6/h1-3H,12H2,(H,13,14). The molecule has 0 spiro atoms. The minimum absolute atomic E-state index is 0.0640. The van der Waals surface area contributed by atoms with Crippen LogP contribution in [0.3, 0.4) is 0 Å². The van der Waals surface area contributed by atoms with Crippen molar-refractivity contribution in [3.8, 4) is 0 Å². The Balaban J connectivity index is 2.80. The molecule has 0 aliphatic carbocycles. The third kappa shape index (κ3) is 1.28. The molecule has 1 aromatic heterocycles. The molecule has 0 atom stereocenters. The van der Waals surface area contributed by atoms with Crippen molar-refractivity contribution in [3.05, 3.63) is 24.0 Å². The van der Waals surface area contributed by atoms with E-state index in [1.54, 1.807) is 0 Å². The number of aromatic nitrogens is 2. The van der Waals surface area contributed by atoms with Crippen LogP contribution in [0.5, 0.6) is 0 Å². The lowest BCUT2D eigenvalue weighted by Crippen LogP contribution is -2.06. The first kappa shape index (κ1) is 8.86. The number of hydrogen-bond donors (Lipinski definition) is 2. The van der Waals surface area contributed by atoms with Crippen LogP contribution >= 0.6 is 0 Å². The molecule has 0 aliphatic heterocycles. The number of nitrogens with zero attached hydrogens (tertiary/aromatic N) is 1. The summed E-state index contributed by atoms with van der Waals surface area (Å²) in [5, 5.41) is 0. The summed E-state index contributed by atoms with van der Waals surface area (Å²) in [5.74, 6) is 0. The zero-order valence-corrected chi connectivity index (χ0v) is 6.89. The molecule has 0 aliphatic rings. The van der Waals surface area contributed by atoms with E-state index >= 15 is 0 Å². The van der Waals surface area contributed by atoms with E-state index in [1.807, 2.05) is 0 Å². The summed E-state index contributed by atoms with van der Waals surface area (Å²) in [7, 11) is 0. The molecule has 2 rings (SSSR count). The van der Waals surface area contributed by atoms with E-state index in [9.17, 15) is 13.2 Å². The lowest BCUT2D eigenvalue weighted by molar-refractivity contribution is -0.136. The first-order valence-corrected chi connectivity index (χ1v) is 3.78. The first-order valence-electron chi connectivity index (χ1n) is 3.78. The number of hydrogen-bond acceptors (Lipinski definition) is 2. The van der Waals surface area contributed by atoms with Gasteiger partial charge in [0.1, 0.15) is 5.52 Å². The van der Waals surface area contributed by atoms with Gasteiger partial charge in [0.25, 0.3) is 0 Å². The number of imidazole rings is 1. The third-order valence-corrected chi connectivity index (χ3v) is 1.85. The second kappa shape index (κ2) is 2.63. The van der Waals surface area contributed by atoms with Crippen LogP contribution in [-0.2, 0) is 6.18 Å². The van der Waals surface area contributed by atoms with Crippen molar-refractivity contribution >= 4 is 16.7 Å². The van der Waals surface area contributed by atoms with Gasteiger partial charge in [-0.15, -0.1) is 0 Å². The van der Waals surface area contributed by atoms with Crippen LogP contribution in [-0.4, -0.2) is 9.97 Å². The van der Waals surface area contributed by atoms with E-state index < -0.39 is 11.7 Å². The number of benzene rings is 1. The van der Waals surface area contributed by atoms with Crippen molar-refractivity contribution in [3.63, 3.8) is 0 Å². The molecule has 2 aromatic rings. The topological polar surface area (TPSA) is 54.7 Å². The van der Waals surface area contributed by atoms with Crippen molar-refractivity contribution in [2.45, 2.75) is 6.18 Å². The van der Waals surface area contributed by atoms with Crippen LogP contribution in [0.1, 0.15) is 5.56 Å². The Morgan fingerprint density at radius 3 is 2.64 bits per heavy atom. The number of fused-ring (bicyclic) bond motifs is 1. The predicted molar refractivity (Wildman–Crippen MR) is 45.5 cm³/mol. The van der Waals surface area contributed by atoms with Crippen molar-refractivity contribution in [1.29, 1.82) is 0 Å². The fraction of sp³-hybridized carbons (Fsp3) is 0.125. The molecule has 0 bridgehead atoms. The zero-order chi connectivity index (χ0) is 10.3. The fourth-order valence-corrected chi connectivity index (χ4v) is 1.29. The SMILES string of the molecule is Nc1cc(C(F)(F)F)c2nc[nH]c2c1. The van der Waals surface area contributed by atoms with E-state index in [2.05, 4.69) is 9.97 Å². The van der Waals surface area contributed by atoms with E-state index in [1.165, 1.54) is 12.4 Å². The highest BCUT2D eigenvalue weighted by molar-refractivity contribution is 5.82. The number of nitrogen functional groups attached to an aromatic ring is 1. The molecular weight excluding hydrogens is 195 g/mol. The van der Waals surface area contributed by atoms with Gasteiger partial charge in [-0.2, -0.15) is 13.2 Å². The van der Waals surface area contributed by atoms with Crippen LogP contribution in [0.25, 0.3) is 11.0 Å². The van der Waals surface area contributed by atoms with Gasteiger partial charge in [-0.3, -0.25) is 0 Å². The number of H-pyrrole nitrogens is 1. The number of anilines is 1. The molecule has 0 fully saturated rings. The molecule has 0 saturated carbocycles. The Bertz CT molecular complexity index is 472. The molecule has 74 valence electrons. The molecule has 14 heavy (non-hydrogen) atoms. The summed E-state index contributed by atoms with van der Waals surface area (Å²) in [5.41, 5.74) is 4.77. The lowest BCUT2D eigenvalue weighted by atomic mass is 10.1. The Hall–Kier alpha value is -1.72. The zero-order valence-electron chi connectivity index (χ0n) is 6.89. The third-order valence-electron chi connectivity index (χ3n) is 1.85. The van der Waals surface area contributed by atoms with Gasteiger partial charge in [0.2, 0.25) is 0 Å². The number of halogens is 3. The van der Waals surface area contributed by atoms with Crippen LogP contribution < -0.4 is 5.73 Å². The fourth-order valence-electron chi connectivity index (χ4n) is 1.29. The van der Waals surface area contributed by atoms with Crippen molar-refractivity contribution in [2.24, 2.45) is 0 Å². The van der Waals surface area contributed by atoms with Crippen molar-refractivity contribution in [2.75, 3.05) is 5.73 Å². The second-order valence-electron chi connectivity index (χ2n) is 2.86. The van der Waals surface area contributed by atoms with E-state index in [4.69, 9.17) is 5.73 Å². The molecular formula is C8H6F3N3. The number of nitrogens with two attached hydrogens (primary N) is 1. The van der Waals surface area contributed by atoms with Gasteiger partial charge in [0.05, 0.1) is 17.4 Å². The monoisotopic (exact) mass is 201 g/mol. The van der Waals surface area contributed by atoms with E-state index in [0.29, 0.717) is 0 Å². The second-order valence-corrected chi connectivity index (χ2v) is 2.86. The number of alkyl halides is 3. The average molecular weight is 201 g/mol. The molecule has 1 aromatic carbocycles. The Kier molecular flexibility index (Phi) is 1.67. The summed E-state index contributed by atoms with van der Waals surface area (Å²) in [6, 6.07) is 2.29. The molecule has 3 N–H and O–H groups in total. The van der Waals surface area contributed by atoms with Crippen LogP contribution in [0, 0.1) is 0 Å². The van der Waals surface area contributed by atoms with Gasteiger partial charge in [-0.05, 0) is 12.1 Å². The lowest BCUT2D eigenvalue weighted by Gasteiger charge is -2.07. The van der Waals surface area contributed by atoms with Crippen LogP contribution in [0.4, 0.5) is 18.9 Å². The van der Waals surface area contributed by atoms with Crippen LogP contribution in [0.15, 0.2) is 18.5 Å². The number of rotatable bonds is 0. The highest BCUT2D eigenvalue weighted by Crippen LogP contribution is 2.34. The molecule has 6 heteroatoms. The largest absolute Gasteiger partial charge is 0.418 e. The Morgan fingerprint density at radius 2 is 2.00 bits per heavy atom. The maximum atomic E-state index is 12.5. The predicted octanol–water partition coefficient (Wildman–Crippen LogP) is 2.16. The molecule has 0 radical (unpaired) electrons. The van der Waals surface area contributed by atoms with Gasteiger partial charge in [0.15, 0.2) is 0 Å². The Morgan fingerprint density at radius 1 is 1.29 bits per heavy atom. The summed E-state index contributed by atoms with van der Waals surface area (Å²) in [6.45, 7) is 0. The summed E-state index contributed by atoms with van der Waals surface area (Å²) >= 11 is 0. The van der Waals surface area contributed by atoms with Crippen molar-refractivity contribution in [1.82, 2.24) is 9.97 Å². The molecule has 0 amide bonds. The molecule has 0 unspecified atom stereocenters. The average Bonchev–Trinajstić information content (AvgIpc) is 2.47. The Labute approximate surface area is 76.7 Å². The minimum Gasteiger partial charge on any atom is -0.399 e.